The van der Waals surface area contributed by atoms with E-state index < -0.39 is 48.9 Å². The van der Waals surface area contributed by atoms with Gasteiger partial charge in [0.25, 0.3) is 0 Å². The van der Waals surface area contributed by atoms with Gasteiger partial charge in [-0.05, 0) is 12.1 Å². The summed E-state index contributed by atoms with van der Waals surface area (Å²) in [7, 11) is 0. The van der Waals surface area contributed by atoms with Crippen LogP contribution in [0.25, 0.3) is 0 Å². The molecular weight excluding hydrogens is 422 g/mol. The third-order valence-corrected chi connectivity index (χ3v) is 3.17. The number of hydrogen-bond acceptors (Lipinski definition) is 6. The molecule has 150 valence electrons. The Morgan fingerprint density at radius 2 is 1.56 bits per heavy atom. The molecule has 1 rings (SSSR count). The van der Waals surface area contributed by atoms with Gasteiger partial charge in [-0.15, -0.1) is 0 Å². The van der Waals surface area contributed by atoms with Crippen LogP contribution in [0.3, 0.4) is 0 Å². The van der Waals surface area contributed by atoms with Crippen LogP contribution in [0.5, 0.6) is 0 Å². The van der Waals surface area contributed by atoms with Crippen LogP contribution in [-0.2, 0) is 19.1 Å². The lowest BCUT2D eigenvalue weighted by molar-refractivity contribution is -0.192. The molecule has 0 spiro atoms. The van der Waals surface area contributed by atoms with E-state index in [9.17, 15) is 27.6 Å². The van der Waals surface area contributed by atoms with Gasteiger partial charge in [-0.2, -0.15) is 13.2 Å². The molecule has 0 radical (unpaired) electrons. The summed E-state index contributed by atoms with van der Waals surface area (Å²) in [6, 6.07) is 3.13. The maximum atomic E-state index is 11.7. The number of nitrogens with two attached hydrogens (primary N) is 1. The molecule has 1 aromatic carbocycles. The second-order valence-electron chi connectivity index (χ2n) is 4.66. The third-order valence-electron chi connectivity index (χ3n) is 2.54. The fraction of sp³-hybridized carbons (Fsp3) is 0.286. The van der Waals surface area contributed by atoms with E-state index in [0.29, 0.717) is 0 Å². The topological polar surface area (TPSA) is 144 Å². The summed E-state index contributed by atoms with van der Waals surface area (Å²) in [6.45, 7) is -0.596. The van der Waals surface area contributed by atoms with Crippen molar-refractivity contribution >= 4 is 46.9 Å². The molecule has 0 aliphatic carbocycles. The number of benzene rings is 1. The number of Topliss-reactive ketones (excluding diaryl/α,β-unsaturated/α-hetero) is 1. The van der Waals surface area contributed by atoms with Crippen molar-refractivity contribution in [3.63, 3.8) is 0 Å². The summed E-state index contributed by atoms with van der Waals surface area (Å²) in [5, 5.41) is 15.9. The normalized spacial score (nSPS) is 11.6. The number of halogens is 5. The SMILES string of the molecule is NC(CC(=O)COC(=O)c1c(Cl)cccc1Cl)C(=O)O.O=C(O)C(F)(F)F. The lowest BCUT2D eigenvalue weighted by Crippen LogP contribution is -2.33. The van der Waals surface area contributed by atoms with Crippen LogP contribution in [0.2, 0.25) is 10.0 Å². The van der Waals surface area contributed by atoms with E-state index in [0.717, 1.165) is 0 Å². The monoisotopic (exact) mass is 433 g/mol. The van der Waals surface area contributed by atoms with Gasteiger partial charge in [-0.25, -0.2) is 9.59 Å². The Kier molecular flexibility index (Phi) is 9.76. The molecular formula is C14H12Cl2F3NO7. The number of ketones is 1. The largest absolute Gasteiger partial charge is 0.490 e. The number of carboxylic acids is 2. The minimum atomic E-state index is -5.08. The van der Waals surface area contributed by atoms with E-state index in [2.05, 4.69) is 0 Å². The first-order valence-electron chi connectivity index (χ1n) is 6.68. The van der Waals surface area contributed by atoms with Crippen molar-refractivity contribution in [3.8, 4) is 0 Å². The van der Waals surface area contributed by atoms with Crippen LogP contribution in [0.4, 0.5) is 13.2 Å². The zero-order chi connectivity index (χ0) is 21.4. The lowest BCUT2D eigenvalue weighted by atomic mass is 10.1. The second kappa shape index (κ2) is 10.7. The Balaban J connectivity index is 0.000000821. The standard InChI is InChI=1S/C12H11Cl2NO5.C2HF3O2/c13-7-2-1-3-8(14)10(7)12(19)20-5-6(16)4-9(15)11(17)18;3-2(4,5)1(6)7/h1-3,9H,4-5,15H2,(H,17,18);(H,6,7). The van der Waals surface area contributed by atoms with Crippen LogP contribution >= 0.6 is 23.2 Å². The minimum Gasteiger partial charge on any atom is -0.480 e. The van der Waals surface area contributed by atoms with Gasteiger partial charge in [0.15, 0.2) is 5.78 Å². The molecule has 0 aromatic heterocycles. The zero-order valence-corrected chi connectivity index (χ0v) is 14.6. The highest BCUT2D eigenvalue weighted by Gasteiger charge is 2.38. The number of carbonyl (C=O) groups excluding carboxylic acids is 2. The molecule has 27 heavy (non-hydrogen) atoms. The zero-order valence-electron chi connectivity index (χ0n) is 13.1. The minimum absolute atomic E-state index is 0.0498. The molecule has 0 saturated carbocycles. The average molecular weight is 434 g/mol. The predicted molar refractivity (Wildman–Crippen MR) is 85.7 cm³/mol. The Hall–Kier alpha value is -2.37. The molecule has 13 heteroatoms. The molecule has 1 aromatic rings. The lowest BCUT2D eigenvalue weighted by Gasteiger charge is -2.08. The first-order chi connectivity index (χ1) is 12.3. The number of alkyl halides is 3. The Bertz CT molecular complexity index is 705. The first kappa shape index (κ1) is 24.6. The highest BCUT2D eigenvalue weighted by Crippen LogP contribution is 2.24. The number of hydrogen-bond donors (Lipinski definition) is 3. The van der Waals surface area contributed by atoms with Crippen LogP contribution < -0.4 is 5.73 Å². The summed E-state index contributed by atoms with van der Waals surface area (Å²) in [6.07, 6.45) is -5.52. The Morgan fingerprint density at radius 1 is 1.11 bits per heavy atom. The molecule has 1 atom stereocenters. The summed E-state index contributed by atoms with van der Waals surface area (Å²) in [5.41, 5.74) is 5.13. The van der Waals surface area contributed by atoms with Gasteiger partial charge in [0.05, 0.1) is 15.6 Å². The Morgan fingerprint density at radius 3 is 1.93 bits per heavy atom. The smallest absolute Gasteiger partial charge is 0.480 e. The van der Waals surface area contributed by atoms with Gasteiger partial charge in [0.1, 0.15) is 12.6 Å². The fourth-order valence-corrected chi connectivity index (χ4v) is 1.85. The molecule has 0 heterocycles. The summed E-state index contributed by atoms with van der Waals surface area (Å²) in [4.78, 5) is 42.5. The summed E-state index contributed by atoms with van der Waals surface area (Å²) >= 11 is 11.6. The molecule has 4 N–H and O–H groups in total. The number of aliphatic carboxylic acids is 2. The molecule has 0 fully saturated rings. The van der Waals surface area contributed by atoms with Crippen molar-refractivity contribution in [2.45, 2.75) is 18.6 Å². The van der Waals surface area contributed by atoms with E-state index in [-0.39, 0.29) is 15.6 Å². The van der Waals surface area contributed by atoms with E-state index in [1.165, 1.54) is 12.1 Å². The van der Waals surface area contributed by atoms with Crippen molar-refractivity contribution < 1.29 is 47.3 Å². The van der Waals surface area contributed by atoms with Crippen molar-refractivity contribution in [1.29, 1.82) is 0 Å². The van der Waals surface area contributed by atoms with E-state index in [1.54, 1.807) is 6.07 Å². The van der Waals surface area contributed by atoms with Crippen LogP contribution in [0, 0.1) is 0 Å². The van der Waals surface area contributed by atoms with Crippen molar-refractivity contribution in [1.82, 2.24) is 0 Å². The van der Waals surface area contributed by atoms with Crippen LogP contribution in [-0.4, -0.2) is 52.7 Å². The average Bonchev–Trinajstić information content (AvgIpc) is 2.52. The van der Waals surface area contributed by atoms with Gasteiger partial charge in [-0.3, -0.25) is 9.59 Å². The van der Waals surface area contributed by atoms with E-state index in [1.807, 2.05) is 0 Å². The second-order valence-corrected chi connectivity index (χ2v) is 5.48. The van der Waals surface area contributed by atoms with E-state index in [4.69, 9.17) is 48.7 Å². The number of ether oxygens (including phenoxy) is 1. The number of esters is 1. The Labute approximate surface area is 159 Å². The van der Waals surface area contributed by atoms with Gasteiger partial charge in [0.2, 0.25) is 0 Å². The predicted octanol–water partition coefficient (Wildman–Crippen LogP) is 2.15. The highest BCUT2D eigenvalue weighted by atomic mass is 35.5. The number of carboxylic acid groups (broad SMARTS) is 2. The third kappa shape index (κ3) is 9.22. The van der Waals surface area contributed by atoms with Crippen LogP contribution in [0.15, 0.2) is 18.2 Å². The van der Waals surface area contributed by atoms with Gasteiger partial charge < -0.3 is 20.7 Å². The molecule has 0 aliphatic rings. The number of carbonyl (C=O) groups is 4. The maximum absolute atomic E-state index is 11.7. The van der Waals surface area contributed by atoms with Crippen molar-refractivity contribution in [2.24, 2.45) is 5.73 Å². The first-order valence-corrected chi connectivity index (χ1v) is 7.44. The van der Waals surface area contributed by atoms with Crippen molar-refractivity contribution in [3.05, 3.63) is 33.8 Å². The van der Waals surface area contributed by atoms with Crippen molar-refractivity contribution in [2.75, 3.05) is 6.61 Å². The van der Waals surface area contributed by atoms with Gasteiger partial charge in [0, 0.05) is 6.42 Å². The fourth-order valence-electron chi connectivity index (χ4n) is 1.30. The molecule has 0 saturated heterocycles. The quantitative estimate of drug-likeness (QED) is 0.578. The van der Waals surface area contributed by atoms with E-state index >= 15 is 0 Å². The highest BCUT2D eigenvalue weighted by molar-refractivity contribution is 6.39. The van der Waals surface area contributed by atoms with Crippen LogP contribution in [0.1, 0.15) is 16.8 Å². The summed E-state index contributed by atoms with van der Waals surface area (Å²) < 4.78 is 36.5. The van der Waals surface area contributed by atoms with Gasteiger partial charge in [-0.1, -0.05) is 29.3 Å². The molecule has 8 nitrogen and oxygen atoms in total. The molecule has 0 bridgehead atoms. The maximum Gasteiger partial charge on any atom is 0.490 e. The number of rotatable bonds is 6. The molecule has 0 aliphatic heterocycles. The summed E-state index contributed by atoms with van der Waals surface area (Å²) in [5.74, 6) is -5.54. The molecule has 0 amide bonds. The van der Waals surface area contributed by atoms with Gasteiger partial charge >= 0.3 is 24.1 Å². The molecule has 1 unspecified atom stereocenters.